The fraction of sp³-hybridized carbons (Fsp3) is 0.462. The number of aryl methyl sites for hydroxylation is 1. The first-order valence-electron chi connectivity index (χ1n) is 11.9. The molecule has 0 aliphatic carbocycles. The quantitative estimate of drug-likeness (QED) is 0.418. The molecule has 7 nitrogen and oxygen atoms in total. The molecule has 2 atom stereocenters. The van der Waals surface area contributed by atoms with Crippen molar-refractivity contribution in [3.63, 3.8) is 0 Å². The smallest absolute Gasteiger partial charge is 0.244 e. The molecule has 0 aliphatic heterocycles. The molecule has 0 fully saturated rings. The molecule has 2 aromatic rings. The molecule has 36 heavy (non-hydrogen) atoms. The summed E-state index contributed by atoms with van der Waals surface area (Å²) in [6, 6.07) is 9.42. The summed E-state index contributed by atoms with van der Waals surface area (Å²) in [7, 11) is -3.80. The molecule has 0 heterocycles. The van der Waals surface area contributed by atoms with Crippen LogP contribution in [0.15, 0.2) is 36.4 Å². The van der Waals surface area contributed by atoms with Gasteiger partial charge in [0.25, 0.3) is 0 Å². The molecule has 0 bridgehead atoms. The van der Waals surface area contributed by atoms with Gasteiger partial charge in [0, 0.05) is 12.6 Å². The second kappa shape index (κ2) is 12.8. The molecule has 0 spiro atoms. The van der Waals surface area contributed by atoms with E-state index in [0.29, 0.717) is 27.7 Å². The number of rotatable bonds is 11. The van der Waals surface area contributed by atoms with Crippen molar-refractivity contribution < 1.29 is 18.0 Å². The highest BCUT2D eigenvalue weighted by molar-refractivity contribution is 7.92. The van der Waals surface area contributed by atoms with Gasteiger partial charge in [0.05, 0.1) is 22.0 Å². The summed E-state index contributed by atoms with van der Waals surface area (Å²) in [5.74, 6) is -0.795. The number of carbonyl (C=O) groups excluding carboxylic acids is 2. The first-order chi connectivity index (χ1) is 16.8. The normalized spacial score (nSPS) is 13.1. The molecule has 0 saturated heterocycles. The van der Waals surface area contributed by atoms with E-state index in [0.717, 1.165) is 28.1 Å². The third kappa shape index (κ3) is 7.60. The van der Waals surface area contributed by atoms with Gasteiger partial charge in [-0.15, -0.1) is 0 Å². The van der Waals surface area contributed by atoms with Crippen LogP contribution in [0.3, 0.4) is 0 Å². The molecule has 198 valence electrons. The molecule has 2 aromatic carbocycles. The second-order valence-electron chi connectivity index (χ2n) is 9.00. The number of carbonyl (C=O) groups is 2. The first kappa shape index (κ1) is 29.9. The molecule has 0 aliphatic rings. The standard InChI is InChI=1S/C26H35Cl2N3O4S/c1-7-18(4)29-26(33)23(8-2)30(15-20-12-13-21(27)22(28)14-20)25(32)16-31(36(6,34)35)24-11-9-10-17(3)19(24)5/h9-14,18,23H,7-8,15-16H2,1-6H3,(H,29,33). The summed E-state index contributed by atoms with van der Waals surface area (Å²) < 4.78 is 26.7. The zero-order valence-electron chi connectivity index (χ0n) is 21.6. The number of hydrogen-bond donors (Lipinski definition) is 1. The van der Waals surface area contributed by atoms with Crippen LogP contribution in [-0.2, 0) is 26.2 Å². The molecule has 2 rings (SSSR count). The largest absolute Gasteiger partial charge is 0.352 e. The number of hydrogen-bond acceptors (Lipinski definition) is 4. The minimum atomic E-state index is -3.80. The summed E-state index contributed by atoms with van der Waals surface area (Å²) in [6.07, 6.45) is 2.15. The summed E-state index contributed by atoms with van der Waals surface area (Å²) in [5, 5.41) is 3.64. The molecule has 10 heteroatoms. The predicted molar refractivity (Wildman–Crippen MR) is 147 cm³/mol. The minimum absolute atomic E-state index is 0.0621. The zero-order chi connectivity index (χ0) is 27.2. The highest BCUT2D eigenvalue weighted by Crippen LogP contribution is 2.27. The third-order valence-electron chi connectivity index (χ3n) is 6.25. The monoisotopic (exact) mass is 555 g/mol. The van der Waals surface area contributed by atoms with Crippen LogP contribution in [-0.4, -0.2) is 50.0 Å². The Morgan fingerprint density at radius 3 is 2.25 bits per heavy atom. The SMILES string of the molecule is CCC(C)NC(=O)C(CC)N(Cc1ccc(Cl)c(Cl)c1)C(=O)CN(c1cccc(C)c1C)S(C)(=O)=O. The average Bonchev–Trinajstić information content (AvgIpc) is 2.80. The van der Waals surface area contributed by atoms with Gasteiger partial charge in [-0.2, -0.15) is 0 Å². The summed E-state index contributed by atoms with van der Waals surface area (Å²) >= 11 is 12.3. The summed E-state index contributed by atoms with van der Waals surface area (Å²) in [5.41, 5.74) is 2.76. The molecule has 0 aromatic heterocycles. The van der Waals surface area contributed by atoms with Gasteiger partial charge in [0.1, 0.15) is 12.6 Å². The number of benzene rings is 2. The number of halogens is 2. The van der Waals surface area contributed by atoms with Gasteiger partial charge in [-0.1, -0.05) is 55.2 Å². The lowest BCUT2D eigenvalue weighted by molar-refractivity contribution is -0.140. The van der Waals surface area contributed by atoms with Crippen LogP contribution in [0.1, 0.15) is 50.3 Å². The van der Waals surface area contributed by atoms with Crippen molar-refractivity contribution in [2.75, 3.05) is 17.1 Å². The van der Waals surface area contributed by atoms with Crippen molar-refractivity contribution in [3.05, 3.63) is 63.1 Å². The molecular formula is C26H35Cl2N3O4S. The Balaban J connectivity index is 2.51. The second-order valence-corrected chi connectivity index (χ2v) is 11.7. The van der Waals surface area contributed by atoms with Crippen molar-refractivity contribution in [2.24, 2.45) is 0 Å². The minimum Gasteiger partial charge on any atom is -0.352 e. The average molecular weight is 557 g/mol. The van der Waals surface area contributed by atoms with Crippen molar-refractivity contribution in [2.45, 2.75) is 66.1 Å². The van der Waals surface area contributed by atoms with E-state index in [4.69, 9.17) is 23.2 Å². The number of amides is 2. The van der Waals surface area contributed by atoms with Crippen LogP contribution in [0.2, 0.25) is 10.0 Å². The lowest BCUT2D eigenvalue weighted by Gasteiger charge is -2.33. The highest BCUT2D eigenvalue weighted by atomic mass is 35.5. The first-order valence-corrected chi connectivity index (χ1v) is 14.5. The van der Waals surface area contributed by atoms with Gasteiger partial charge in [-0.05, 0) is 68.5 Å². The summed E-state index contributed by atoms with van der Waals surface area (Å²) in [4.78, 5) is 28.4. The van der Waals surface area contributed by atoms with Crippen molar-refractivity contribution in [3.8, 4) is 0 Å². The molecule has 2 unspecified atom stereocenters. The number of anilines is 1. The molecule has 0 saturated carbocycles. The zero-order valence-corrected chi connectivity index (χ0v) is 24.0. The van der Waals surface area contributed by atoms with Crippen LogP contribution >= 0.6 is 23.2 Å². The third-order valence-corrected chi connectivity index (χ3v) is 8.11. The summed E-state index contributed by atoms with van der Waals surface area (Å²) in [6.45, 7) is 8.97. The van der Waals surface area contributed by atoms with Gasteiger partial charge < -0.3 is 10.2 Å². The predicted octanol–water partition coefficient (Wildman–Crippen LogP) is 5.10. The van der Waals surface area contributed by atoms with Crippen LogP contribution in [0.25, 0.3) is 0 Å². The Bertz CT molecular complexity index is 1200. The molecular weight excluding hydrogens is 521 g/mol. The van der Waals surface area contributed by atoms with Crippen molar-refractivity contribution in [1.29, 1.82) is 0 Å². The van der Waals surface area contributed by atoms with E-state index < -0.39 is 28.5 Å². The van der Waals surface area contributed by atoms with Crippen molar-refractivity contribution >= 4 is 50.7 Å². The Hall–Kier alpha value is -2.29. The van der Waals surface area contributed by atoms with Crippen LogP contribution in [0, 0.1) is 13.8 Å². The van der Waals surface area contributed by atoms with Gasteiger partial charge in [-0.3, -0.25) is 13.9 Å². The van der Waals surface area contributed by atoms with E-state index >= 15 is 0 Å². The van der Waals surface area contributed by atoms with E-state index in [2.05, 4.69) is 5.32 Å². The van der Waals surface area contributed by atoms with Crippen LogP contribution in [0.4, 0.5) is 5.69 Å². The van der Waals surface area contributed by atoms with Crippen molar-refractivity contribution in [1.82, 2.24) is 10.2 Å². The van der Waals surface area contributed by atoms with Gasteiger partial charge >= 0.3 is 0 Å². The Morgan fingerprint density at radius 1 is 1.03 bits per heavy atom. The number of nitrogens with zero attached hydrogens (tertiary/aromatic N) is 2. The van der Waals surface area contributed by atoms with Gasteiger partial charge in [-0.25, -0.2) is 8.42 Å². The number of sulfonamides is 1. The number of nitrogens with one attached hydrogen (secondary N) is 1. The lowest BCUT2D eigenvalue weighted by Crippen LogP contribution is -2.53. The maximum absolute atomic E-state index is 13.8. The fourth-order valence-corrected chi connectivity index (χ4v) is 5.02. The van der Waals surface area contributed by atoms with Gasteiger partial charge in [0.2, 0.25) is 21.8 Å². The van der Waals surface area contributed by atoms with E-state index in [9.17, 15) is 18.0 Å². The van der Waals surface area contributed by atoms with Crippen LogP contribution in [0.5, 0.6) is 0 Å². The van der Waals surface area contributed by atoms with E-state index in [1.165, 1.54) is 4.90 Å². The highest BCUT2D eigenvalue weighted by Gasteiger charge is 2.32. The molecule has 1 N–H and O–H groups in total. The van der Waals surface area contributed by atoms with Crippen LogP contribution < -0.4 is 9.62 Å². The molecule has 2 amide bonds. The fourth-order valence-electron chi connectivity index (χ4n) is 3.80. The van der Waals surface area contributed by atoms with E-state index in [1.807, 2.05) is 40.7 Å². The Morgan fingerprint density at radius 2 is 1.69 bits per heavy atom. The Labute approximate surface area is 224 Å². The molecule has 0 radical (unpaired) electrons. The maximum atomic E-state index is 13.8. The maximum Gasteiger partial charge on any atom is 0.244 e. The topological polar surface area (TPSA) is 86.8 Å². The van der Waals surface area contributed by atoms with E-state index in [1.54, 1.807) is 30.3 Å². The van der Waals surface area contributed by atoms with Gasteiger partial charge in [0.15, 0.2) is 0 Å². The van der Waals surface area contributed by atoms with E-state index in [-0.39, 0.29) is 18.5 Å². The Kier molecular flexibility index (Phi) is 10.6. The lowest BCUT2D eigenvalue weighted by atomic mass is 10.1.